The van der Waals surface area contributed by atoms with E-state index in [2.05, 4.69) is 30.4 Å². The fraction of sp³-hybridized carbons (Fsp3) is 0.333. The van der Waals surface area contributed by atoms with Gasteiger partial charge in [-0.1, -0.05) is 0 Å². The Labute approximate surface area is 233 Å². The van der Waals surface area contributed by atoms with Crippen LogP contribution in [0.3, 0.4) is 0 Å². The number of rotatable bonds is 5. The number of piperidine rings is 1. The van der Waals surface area contributed by atoms with Crippen LogP contribution in [-0.2, 0) is 0 Å². The number of anilines is 2. The number of aromatic nitrogens is 9. The molecule has 14 heteroatoms. The number of H-pyrrole nitrogens is 1. The van der Waals surface area contributed by atoms with Crippen LogP contribution in [-0.4, -0.2) is 73.2 Å². The van der Waals surface area contributed by atoms with Crippen LogP contribution in [0.1, 0.15) is 70.8 Å². The molecule has 208 valence electrons. The van der Waals surface area contributed by atoms with Gasteiger partial charge in [0.05, 0.1) is 23.7 Å². The summed E-state index contributed by atoms with van der Waals surface area (Å²) < 4.78 is 3.23. The molecule has 0 radical (unpaired) electrons. The van der Waals surface area contributed by atoms with Crippen LogP contribution in [0.2, 0.25) is 0 Å². The standard InChI is InChI=1S/C27H28N12O2/c1-13-9-31-37(12-13)20-6-3-15(10-30-20)19-11-32-39-23(28)21(14(2)40)22(33-25(19)39)16-7-17-4-5-18(8-16)38(17)26(41)24-34-27(29)36-35-24/h3,6,9-12,16-18H,4-5,7-8,28H2,1-2H3,(H3,29,34,35,36)/t16?,17-,18?/m0/s1. The molecule has 2 saturated heterocycles. The molecule has 2 aliphatic rings. The Balaban J connectivity index is 1.25. The number of hydrogen-bond acceptors (Lipinski definition) is 10. The number of ketones is 1. The smallest absolute Gasteiger partial charge is 0.291 e. The van der Waals surface area contributed by atoms with E-state index in [0.717, 1.165) is 29.5 Å². The van der Waals surface area contributed by atoms with Gasteiger partial charge in [-0.25, -0.2) is 14.6 Å². The van der Waals surface area contributed by atoms with Crippen molar-refractivity contribution in [3.8, 4) is 16.9 Å². The lowest BCUT2D eigenvalue weighted by Gasteiger charge is -2.38. The molecule has 7 rings (SSSR count). The van der Waals surface area contributed by atoms with E-state index in [0.29, 0.717) is 35.6 Å². The summed E-state index contributed by atoms with van der Waals surface area (Å²) in [5, 5.41) is 15.2. The molecule has 2 fully saturated rings. The minimum absolute atomic E-state index is 0.0244. The van der Waals surface area contributed by atoms with Crippen molar-refractivity contribution in [3.63, 3.8) is 0 Å². The summed E-state index contributed by atoms with van der Waals surface area (Å²) in [5.74, 6) is 0.666. The maximum absolute atomic E-state index is 13.2. The fourth-order valence-electron chi connectivity index (χ4n) is 6.34. The largest absolute Gasteiger partial charge is 0.383 e. The van der Waals surface area contributed by atoms with Crippen LogP contribution in [0.5, 0.6) is 0 Å². The van der Waals surface area contributed by atoms with E-state index in [1.165, 1.54) is 11.4 Å². The average molecular weight is 553 g/mol. The van der Waals surface area contributed by atoms with E-state index in [1.54, 1.807) is 23.3 Å². The third-order valence-corrected chi connectivity index (χ3v) is 8.13. The molecule has 2 aliphatic heterocycles. The van der Waals surface area contributed by atoms with Gasteiger partial charge >= 0.3 is 0 Å². The van der Waals surface area contributed by atoms with E-state index in [-0.39, 0.29) is 47.3 Å². The van der Waals surface area contributed by atoms with Gasteiger partial charge in [0.25, 0.3) is 5.91 Å². The highest BCUT2D eigenvalue weighted by molar-refractivity contribution is 6.00. The van der Waals surface area contributed by atoms with Crippen LogP contribution in [0.4, 0.5) is 11.8 Å². The number of fused-ring (bicyclic) bond motifs is 3. The number of Topliss-reactive ketones (excluding diaryl/α,β-unsaturated/α-hetero) is 1. The van der Waals surface area contributed by atoms with Gasteiger partial charge in [-0.3, -0.25) is 14.7 Å². The molecule has 3 atom stereocenters. The van der Waals surface area contributed by atoms with Crippen molar-refractivity contribution in [2.45, 2.75) is 57.5 Å². The van der Waals surface area contributed by atoms with Crippen LogP contribution in [0.25, 0.3) is 22.6 Å². The Morgan fingerprint density at radius 2 is 1.80 bits per heavy atom. The Morgan fingerprint density at radius 3 is 2.41 bits per heavy atom. The summed E-state index contributed by atoms with van der Waals surface area (Å²) in [6.45, 7) is 3.47. The first-order chi connectivity index (χ1) is 19.8. The molecule has 0 saturated carbocycles. The molecule has 14 nitrogen and oxygen atoms in total. The molecule has 5 N–H and O–H groups in total. The maximum Gasteiger partial charge on any atom is 0.291 e. The van der Waals surface area contributed by atoms with Crippen molar-refractivity contribution in [1.29, 1.82) is 0 Å². The molecular weight excluding hydrogens is 524 g/mol. The third kappa shape index (κ3) is 4.01. The summed E-state index contributed by atoms with van der Waals surface area (Å²) in [6.07, 6.45) is 10.1. The molecule has 5 aromatic rings. The molecule has 0 spiro atoms. The van der Waals surface area contributed by atoms with Crippen LogP contribution >= 0.6 is 0 Å². The summed E-state index contributed by atoms with van der Waals surface area (Å²) in [4.78, 5) is 41.6. The highest BCUT2D eigenvalue weighted by atomic mass is 16.2. The number of nitrogen functional groups attached to an aromatic ring is 2. The second-order valence-electron chi connectivity index (χ2n) is 10.8. The normalized spacial score (nSPS) is 20.1. The topological polar surface area (TPSA) is 192 Å². The number of nitrogens with zero attached hydrogens (tertiary/aromatic N) is 9. The highest BCUT2D eigenvalue weighted by Crippen LogP contribution is 2.45. The predicted octanol–water partition coefficient (Wildman–Crippen LogP) is 2.32. The lowest BCUT2D eigenvalue weighted by atomic mass is 9.85. The predicted molar refractivity (Wildman–Crippen MR) is 148 cm³/mol. The lowest BCUT2D eigenvalue weighted by Crippen LogP contribution is -2.46. The van der Waals surface area contributed by atoms with E-state index in [1.807, 2.05) is 30.2 Å². The van der Waals surface area contributed by atoms with E-state index >= 15 is 0 Å². The second kappa shape index (κ2) is 9.21. The summed E-state index contributed by atoms with van der Waals surface area (Å²) >= 11 is 0. The monoisotopic (exact) mass is 552 g/mol. The van der Waals surface area contributed by atoms with Crippen molar-refractivity contribution < 1.29 is 9.59 Å². The fourth-order valence-corrected chi connectivity index (χ4v) is 6.34. The molecule has 1 amide bonds. The Hall–Kier alpha value is -5.14. The van der Waals surface area contributed by atoms with Gasteiger partial charge in [0, 0.05) is 41.5 Å². The van der Waals surface area contributed by atoms with Crippen LogP contribution < -0.4 is 11.5 Å². The van der Waals surface area contributed by atoms with Gasteiger partial charge < -0.3 is 16.4 Å². The Kier molecular flexibility index (Phi) is 5.59. The highest BCUT2D eigenvalue weighted by Gasteiger charge is 2.46. The third-order valence-electron chi connectivity index (χ3n) is 8.13. The number of hydrogen-bond donors (Lipinski definition) is 3. The van der Waals surface area contributed by atoms with Crippen molar-refractivity contribution >= 4 is 29.1 Å². The SMILES string of the molecule is CC(=O)c1c(C2CC3CC[C@@H](C2)N3C(=O)c2nc(N)n[nH]2)nc2c(-c3ccc(-n4cc(C)cn4)nc3)cnn2c1N. The second-order valence-corrected chi connectivity index (χ2v) is 10.8. The van der Waals surface area contributed by atoms with E-state index < -0.39 is 0 Å². The number of nitrogens with one attached hydrogen (secondary N) is 1. The summed E-state index contributed by atoms with van der Waals surface area (Å²) in [5.41, 5.74) is 16.4. The van der Waals surface area contributed by atoms with Crippen molar-refractivity contribution in [2.24, 2.45) is 0 Å². The molecule has 7 heterocycles. The number of pyridine rings is 1. The number of nitrogens with two attached hydrogens (primary N) is 2. The molecule has 5 aromatic heterocycles. The van der Waals surface area contributed by atoms with E-state index in [4.69, 9.17) is 16.5 Å². The molecule has 2 unspecified atom stereocenters. The lowest BCUT2D eigenvalue weighted by molar-refractivity contribution is 0.0556. The molecule has 41 heavy (non-hydrogen) atoms. The zero-order chi connectivity index (χ0) is 28.4. The number of amides is 1. The van der Waals surface area contributed by atoms with Gasteiger partial charge in [0.1, 0.15) is 5.82 Å². The van der Waals surface area contributed by atoms with Crippen molar-refractivity contribution in [2.75, 3.05) is 11.5 Å². The Morgan fingerprint density at radius 1 is 1.02 bits per heavy atom. The number of aromatic amines is 1. The molecule has 2 bridgehead atoms. The number of carbonyl (C=O) groups is 2. The quantitative estimate of drug-likeness (QED) is 0.273. The first-order valence-electron chi connectivity index (χ1n) is 13.4. The van der Waals surface area contributed by atoms with Crippen molar-refractivity contribution in [1.82, 2.24) is 49.4 Å². The minimum Gasteiger partial charge on any atom is -0.383 e. The van der Waals surface area contributed by atoms with Crippen LogP contribution in [0, 0.1) is 6.92 Å². The maximum atomic E-state index is 13.2. The summed E-state index contributed by atoms with van der Waals surface area (Å²) in [6, 6.07) is 3.77. The van der Waals surface area contributed by atoms with Gasteiger partial charge in [0.15, 0.2) is 17.2 Å². The number of carbonyl (C=O) groups excluding carboxylic acids is 2. The zero-order valence-electron chi connectivity index (χ0n) is 22.5. The minimum atomic E-state index is -0.214. The first kappa shape index (κ1) is 24.9. The van der Waals surface area contributed by atoms with Crippen molar-refractivity contribution in [3.05, 3.63) is 59.6 Å². The van der Waals surface area contributed by atoms with Gasteiger partial charge in [0.2, 0.25) is 11.8 Å². The molecular formula is C27H28N12O2. The van der Waals surface area contributed by atoms with Crippen LogP contribution in [0.15, 0.2) is 36.9 Å². The number of aryl methyl sites for hydroxylation is 1. The molecule has 0 aliphatic carbocycles. The van der Waals surface area contributed by atoms with E-state index in [9.17, 15) is 9.59 Å². The van der Waals surface area contributed by atoms with Gasteiger partial charge in [-0.05, 0) is 57.2 Å². The average Bonchev–Trinajstić information content (AvgIpc) is 3.74. The zero-order valence-corrected chi connectivity index (χ0v) is 22.5. The first-order valence-corrected chi connectivity index (χ1v) is 13.4. The molecule has 0 aromatic carbocycles. The Bertz CT molecular complexity index is 1800. The van der Waals surface area contributed by atoms with Gasteiger partial charge in [-0.15, -0.1) is 5.10 Å². The summed E-state index contributed by atoms with van der Waals surface area (Å²) in [7, 11) is 0. The van der Waals surface area contributed by atoms with Gasteiger partial charge in [-0.2, -0.15) is 19.7 Å².